The molecule has 3 rings (SSSR count). The van der Waals surface area contributed by atoms with Gasteiger partial charge >= 0.3 is 0 Å². The van der Waals surface area contributed by atoms with Crippen molar-refractivity contribution >= 4 is 43.1 Å². The van der Waals surface area contributed by atoms with Crippen LogP contribution in [0.3, 0.4) is 0 Å². The summed E-state index contributed by atoms with van der Waals surface area (Å²) in [6, 6.07) is 11.2. The average Bonchev–Trinajstić information content (AvgIpc) is 3.10. The molecule has 0 radical (unpaired) electrons. The quantitative estimate of drug-likeness (QED) is 0.714. The van der Waals surface area contributed by atoms with Crippen molar-refractivity contribution in [2.75, 3.05) is 0 Å². The maximum absolute atomic E-state index is 8.93. The molecule has 0 aliphatic rings. The van der Waals surface area contributed by atoms with Gasteiger partial charge in [0, 0.05) is 0 Å². The fourth-order valence-corrected chi connectivity index (χ4v) is 3.86. The lowest BCUT2D eigenvalue weighted by Gasteiger charge is -1.89. The molecular formula is C14H4N6S2. The van der Waals surface area contributed by atoms with Crippen LogP contribution in [0.5, 0.6) is 0 Å². The first kappa shape index (κ1) is 13.9. The molecule has 0 aliphatic carbocycles. The Kier molecular flexibility index (Phi) is 3.41. The molecule has 0 unspecified atom stereocenters. The molecule has 8 heteroatoms. The summed E-state index contributed by atoms with van der Waals surface area (Å²) in [5.41, 5.74) is 1.37. The minimum absolute atomic E-state index is 0.463. The lowest BCUT2D eigenvalue weighted by atomic mass is 10.2. The summed E-state index contributed by atoms with van der Waals surface area (Å²) in [6.45, 7) is 0. The zero-order chi connectivity index (χ0) is 15.7. The first-order valence-electron chi connectivity index (χ1n) is 5.99. The highest BCUT2D eigenvalue weighted by Crippen LogP contribution is 2.34. The summed E-state index contributed by atoms with van der Waals surface area (Å²) >= 11 is 2.55. The van der Waals surface area contributed by atoms with Gasteiger partial charge in [0.25, 0.3) is 0 Å². The number of aromatic nitrogens is 2. The van der Waals surface area contributed by atoms with Crippen LogP contribution in [0.2, 0.25) is 0 Å². The monoisotopic (exact) mass is 320 g/mol. The molecule has 102 valence electrons. The zero-order valence-electron chi connectivity index (χ0n) is 10.8. The van der Waals surface area contributed by atoms with Gasteiger partial charge in [0.2, 0.25) is 0 Å². The van der Waals surface area contributed by atoms with Gasteiger partial charge in [-0.25, -0.2) is 9.97 Å². The van der Waals surface area contributed by atoms with Crippen molar-refractivity contribution in [1.29, 1.82) is 21.0 Å². The lowest BCUT2D eigenvalue weighted by Crippen LogP contribution is -1.89. The number of nitrogens with zero attached hydrogens (tertiary/aromatic N) is 6. The molecule has 1 aromatic carbocycles. The van der Waals surface area contributed by atoms with Gasteiger partial charge in [0.15, 0.2) is 11.8 Å². The van der Waals surface area contributed by atoms with Gasteiger partial charge in [0.05, 0.1) is 44.7 Å². The Bertz CT molecular complexity index is 889. The zero-order valence-corrected chi connectivity index (χ0v) is 12.4. The standard InChI is InChI=1S/C14H4N6S2/c15-3-7(4-16)13-19-9-1-11-10(2-12(9)22-13)20-14(21-11)8(5-17)6-18/h1-2,7-8H. The fraction of sp³-hybridized carbons (Fsp3) is 0.143. The number of benzene rings is 1. The Morgan fingerprint density at radius 3 is 1.41 bits per heavy atom. The van der Waals surface area contributed by atoms with Crippen LogP contribution in [0.15, 0.2) is 12.1 Å². The lowest BCUT2D eigenvalue weighted by molar-refractivity contribution is 1.08. The van der Waals surface area contributed by atoms with Crippen LogP contribution >= 0.6 is 22.7 Å². The fourth-order valence-electron chi connectivity index (χ4n) is 1.91. The molecule has 0 amide bonds. The second-order valence-corrected chi connectivity index (χ2v) is 6.40. The molecule has 0 saturated heterocycles. The molecule has 22 heavy (non-hydrogen) atoms. The molecule has 0 N–H and O–H groups in total. The first-order valence-corrected chi connectivity index (χ1v) is 7.63. The van der Waals surface area contributed by atoms with Crippen molar-refractivity contribution in [3.05, 3.63) is 22.1 Å². The number of hydrogen-bond donors (Lipinski definition) is 0. The van der Waals surface area contributed by atoms with Crippen LogP contribution in [-0.4, -0.2) is 9.97 Å². The summed E-state index contributed by atoms with van der Waals surface area (Å²) < 4.78 is 1.64. The van der Waals surface area contributed by atoms with Crippen molar-refractivity contribution in [2.45, 2.75) is 11.8 Å². The number of fused-ring (bicyclic) bond motifs is 2. The van der Waals surface area contributed by atoms with E-state index >= 15 is 0 Å². The third-order valence-electron chi connectivity index (χ3n) is 2.94. The Morgan fingerprint density at radius 1 is 0.727 bits per heavy atom. The van der Waals surface area contributed by atoms with Gasteiger partial charge in [-0.2, -0.15) is 21.0 Å². The molecule has 6 nitrogen and oxygen atoms in total. The van der Waals surface area contributed by atoms with E-state index in [4.69, 9.17) is 21.0 Å². The largest absolute Gasteiger partial charge is 0.239 e. The maximum atomic E-state index is 8.93. The van der Waals surface area contributed by atoms with Gasteiger partial charge in [-0.3, -0.25) is 0 Å². The molecule has 2 aromatic heterocycles. The first-order chi connectivity index (χ1) is 10.7. The van der Waals surface area contributed by atoms with Crippen molar-refractivity contribution in [3.8, 4) is 24.3 Å². The molecule has 0 bridgehead atoms. The van der Waals surface area contributed by atoms with Crippen LogP contribution in [0.25, 0.3) is 20.4 Å². The second kappa shape index (κ2) is 5.39. The normalized spacial score (nSPS) is 10.5. The SMILES string of the molecule is N#CC(C#N)c1nc2cc3sc(C(C#N)C#N)nc3cc2s1. The Hall–Kier alpha value is -3.04. The maximum Gasteiger partial charge on any atom is 0.184 e. The molecule has 0 fully saturated rings. The molecular weight excluding hydrogens is 316 g/mol. The van der Waals surface area contributed by atoms with Gasteiger partial charge in [-0.1, -0.05) is 0 Å². The van der Waals surface area contributed by atoms with E-state index in [2.05, 4.69) is 9.97 Å². The Labute approximate surface area is 132 Å². The van der Waals surface area contributed by atoms with E-state index in [1.807, 2.05) is 36.4 Å². The van der Waals surface area contributed by atoms with Crippen molar-refractivity contribution in [2.24, 2.45) is 0 Å². The summed E-state index contributed by atoms with van der Waals surface area (Å²) in [7, 11) is 0. The van der Waals surface area contributed by atoms with Crippen LogP contribution in [0.4, 0.5) is 0 Å². The Balaban J connectivity index is 2.15. The number of hydrogen-bond acceptors (Lipinski definition) is 8. The highest BCUT2D eigenvalue weighted by molar-refractivity contribution is 7.20. The van der Waals surface area contributed by atoms with E-state index in [1.165, 1.54) is 22.7 Å². The molecule has 0 spiro atoms. The summed E-state index contributed by atoms with van der Waals surface area (Å²) in [5.74, 6) is -1.75. The van der Waals surface area contributed by atoms with Crippen LogP contribution in [0, 0.1) is 45.3 Å². The van der Waals surface area contributed by atoms with Gasteiger partial charge in [0.1, 0.15) is 10.0 Å². The predicted molar refractivity (Wildman–Crippen MR) is 80.7 cm³/mol. The van der Waals surface area contributed by atoms with Gasteiger partial charge < -0.3 is 0 Å². The highest BCUT2D eigenvalue weighted by Gasteiger charge is 2.18. The summed E-state index contributed by atoms with van der Waals surface area (Å²) in [5, 5.41) is 36.6. The van der Waals surface area contributed by atoms with Crippen molar-refractivity contribution < 1.29 is 0 Å². The average molecular weight is 320 g/mol. The van der Waals surface area contributed by atoms with Crippen molar-refractivity contribution in [1.82, 2.24) is 9.97 Å². The molecule has 0 aliphatic heterocycles. The minimum Gasteiger partial charge on any atom is -0.239 e. The van der Waals surface area contributed by atoms with E-state index in [9.17, 15) is 0 Å². The van der Waals surface area contributed by atoms with E-state index in [0.717, 1.165) is 9.40 Å². The van der Waals surface area contributed by atoms with E-state index in [0.29, 0.717) is 21.0 Å². The number of thiazole rings is 2. The van der Waals surface area contributed by atoms with Gasteiger partial charge in [-0.05, 0) is 12.1 Å². The summed E-state index contributed by atoms with van der Waals surface area (Å²) in [4.78, 5) is 8.64. The smallest absolute Gasteiger partial charge is 0.184 e. The third kappa shape index (κ3) is 2.14. The number of nitriles is 4. The topological polar surface area (TPSA) is 121 Å². The van der Waals surface area contributed by atoms with Crippen LogP contribution in [-0.2, 0) is 0 Å². The van der Waals surface area contributed by atoms with E-state index < -0.39 is 11.8 Å². The van der Waals surface area contributed by atoms with Crippen LogP contribution < -0.4 is 0 Å². The molecule has 0 saturated carbocycles. The van der Waals surface area contributed by atoms with E-state index in [1.54, 1.807) is 0 Å². The summed E-state index contributed by atoms with van der Waals surface area (Å²) in [6.07, 6.45) is 0. The highest BCUT2D eigenvalue weighted by atomic mass is 32.1. The minimum atomic E-state index is -0.875. The molecule has 3 aromatic rings. The molecule has 2 heterocycles. The predicted octanol–water partition coefficient (Wildman–Crippen LogP) is 3.17. The Morgan fingerprint density at radius 2 is 1.09 bits per heavy atom. The second-order valence-electron chi connectivity index (χ2n) is 4.27. The third-order valence-corrected chi connectivity index (χ3v) is 5.11. The molecule has 0 atom stereocenters. The van der Waals surface area contributed by atoms with Crippen LogP contribution in [0.1, 0.15) is 21.9 Å². The number of rotatable bonds is 2. The van der Waals surface area contributed by atoms with Gasteiger partial charge in [-0.15, -0.1) is 22.7 Å². The van der Waals surface area contributed by atoms with Crippen molar-refractivity contribution in [3.63, 3.8) is 0 Å². The van der Waals surface area contributed by atoms with E-state index in [-0.39, 0.29) is 0 Å².